The first-order chi connectivity index (χ1) is 14.6. The van der Waals surface area contributed by atoms with Gasteiger partial charge < -0.3 is 10.6 Å². The van der Waals surface area contributed by atoms with Crippen LogP contribution in [0.1, 0.15) is 18.9 Å². The summed E-state index contributed by atoms with van der Waals surface area (Å²) >= 11 is 5.96. The van der Waals surface area contributed by atoms with E-state index in [1.807, 2.05) is 66.8 Å². The molecule has 0 spiro atoms. The van der Waals surface area contributed by atoms with Gasteiger partial charge >= 0.3 is 0 Å². The second kappa shape index (κ2) is 8.75. The van der Waals surface area contributed by atoms with E-state index in [9.17, 15) is 4.79 Å². The number of nitrogens with one attached hydrogen (secondary N) is 3. The van der Waals surface area contributed by atoms with Gasteiger partial charge in [-0.05, 0) is 35.2 Å². The molecule has 0 saturated heterocycles. The number of hydrogen-bond donors (Lipinski definition) is 3. The van der Waals surface area contributed by atoms with Crippen molar-refractivity contribution in [2.24, 2.45) is 0 Å². The highest BCUT2D eigenvalue weighted by atomic mass is 35.5. The SMILES string of the molecule is CCC1=C(C(=O)NCc2ccc(-c3ccc(Cl)cc3)cc2)N2C=C[NH+](OC)C=C2N1. The maximum absolute atomic E-state index is 13.0. The quantitative estimate of drug-likeness (QED) is 0.668. The molecule has 2 aliphatic heterocycles. The van der Waals surface area contributed by atoms with Crippen LogP contribution in [0.15, 0.2) is 84.3 Å². The molecule has 2 aliphatic rings. The number of hydrogen-bond acceptors (Lipinski definition) is 4. The zero-order chi connectivity index (χ0) is 21.1. The van der Waals surface area contributed by atoms with Crippen molar-refractivity contribution in [1.82, 2.24) is 15.5 Å². The van der Waals surface area contributed by atoms with Crippen LogP contribution in [0.2, 0.25) is 5.02 Å². The Morgan fingerprint density at radius 2 is 1.80 bits per heavy atom. The zero-order valence-corrected chi connectivity index (χ0v) is 17.7. The van der Waals surface area contributed by atoms with Crippen molar-refractivity contribution in [3.8, 4) is 11.1 Å². The number of nitrogens with zero attached hydrogens (tertiary/aromatic N) is 1. The van der Waals surface area contributed by atoms with Crippen LogP contribution in [-0.2, 0) is 16.2 Å². The van der Waals surface area contributed by atoms with Gasteiger partial charge in [-0.1, -0.05) is 54.9 Å². The molecule has 1 atom stereocenters. The van der Waals surface area contributed by atoms with E-state index >= 15 is 0 Å². The summed E-state index contributed by atoms with van der Waals surface area (Å²) in [6, 6.07) is 15.9. The molecule has 4 rings (SSSR count). The Labute approximate surface area is 181 Å². The molecule has 2 aromatic carbocycles. The monoisotopic (exact) mass is 423 g/mol. The fraction of sp³-hybridized carbons (Fsp3) is 0.174. The van der Waals surface area contributed by atoms with Crippen molar-refractivity contribution in [1.29, 1.82) is 0 Å². The lowest BCUT2D eigenvalue weighted by molar-refractivity contribution is -1.00. The van der Waals surface area contributed by atoms with Gasteiger partial charge in [0.25, 0.3) is 5.91 Å². The highest BCUT2D eigenvalue weighted by Crippen LogP contribution is 2.26. The van der Waals surface area contributed by atoms with E-state index in [0.29, 0.717) is 12.2 Å². The molecule has 1 amide bonds. The molecule has 0 radical (unpaired) electrons. The van der Waals surface area contributed by atoms with Crippen molar-refractivity contribution in [2.45, 2.75) is 19.9 Å². The van der Waals surface area contributed by atoms with E-state index in [1.165, 1.54) is 0 Å². The Morgan fingerprint density at radius 3 is 2.43 bits per heavy atom. The van der Waals surface area contributed by atoms with Crippen molar-refractivity contribution >= 4 is 17.5 Å². The minimum absolute atomic E-state index is 0.116. The molecule has 3 N–H and O–H groups in total. The van der Waals surface area contributed by atoms with Gasteiger partial charge in [-0.15, -0.1) is 5.06 Å². The number of allylic oxidation sites excluding steroid dienone is 1. The lowest BCUT2D eigenvalue weighted by atomic mass is 10.0. The molecular weight excluding hydrogens is 400 g/mol. The van der Waals surface area contributed by atoms with E-state index in [0.717, 1.165) is 44.7 Å². The Morgan fingerprint density at radius 1 is 1.13 bits per heavy atom. The number of halogens is 1. The molecule has 2 heterocycles. The summed E-state index contributed by atoms with van der Waals surface area (Å²) in [6.07, 6.45) is 6.29. The maximum Gasteiger partial charge on any atom is 0.270 e. The van der Waals surface area contributed by atoms with E-state index in [1.54, 1.807) is 7.11 Å². The first-order valence-electron chi connectivity index (χ1n) is 9.82. The van der Waals surface area contributed by atoms with Gasteiger partial charge in [-0.25, -0.2) is 0 Å². The lowest BCUT2D eigenvalue weighted by Gasteiger charge is -2.21. The summed E-state index contributed by atoms with van der Waals surface area (Å²) in [6.45, 7) is 2.47. The summed E-state index contributed by atoms with van der Waals surface area (Å²) in [7, 11) is 1.63. The van der Waals surface area contributed by atoms with Crippen LogP contribution in [0.25, 0.3) is 11.1 Å². The average molecular weight is 424 g/mol. The molecule has 154 valence electrons. The Kier molecular flexibility index (Phi) is 5.90. The summed E-state index contributed by atoms with van der Waals surface area (Å²) in [5.41, 5.74) is 4.75. The van der Waals surface area contributed by atoms with Gasteiger partial charge in [0.1, 0.15) is 11.9 Å². The number of carbonyl (C=O) groups is 1. The van der Waals surface area contributed by atoms with Crippen LogP contribution >= 0.6 is 11.6 Å². The largest absolute Gasteiger partial charge is 0.347 e. The number of amides is 1. The first kappa shape index (κ1) is 20.2. The van der Waals surface area contributed by atoms with Crippen LogP contribution in [0.4, 0.5) is 0 Å². The van der Waals surface area contributed by atoms with Crippen LogP contribution in [0.5, 0.6) is 0 Å². The van der Waals surface area contributed by atoms with Gasteiger partial charge in [0, 0.05) is 17.3 Å². The molecular formula is C23H24ClN4O2+. The Balaban J connectivity index is 1.43. The van der Waals surface area contributed by atoms with Crippen LogP contribution < -0.4 is 15.7 Å². The van der Waals surface area contributed by atoms with Crippen LogP contribution in [0.3, 0.4) is 0 Å². The predicted molar refractivity (Wildman–Crippen MR) is 116 cm³/mol. The number of carbonyl (C=O) groups excluding carboxylic acids is 1. The molecule has 0 aromatic heterocycles. The average Bonchev–Trinajstić information content (AvgIpc) is 3.16. The normalized spacial score (nSPS) is 17.5. The number of fused-ring (bicyclic) bond motifs is 1. The minimum Gasteiger partial charge on any atom is -0.347 e. The highest BCUT2D eigenvalue weighted by Gasteiger charge is 2.33. The smallest absolute Gasteiger partial charge is 0.270 e. The molecule has 0 bridgehead atoms. The number of rotatable bonds is 6. The number of hydroxylamine groups is 2. The third-order valence-electron chi connectivity index (χ3n) is 5.12. The maximum atomic E-state index is 13.0. The van der Waals surface area contributed by atoms with Gasteiger partial charge in [0.2, 0.25) is 0 Å². The van der Waals surface area contributed by atoms with Crippen LogP contribution in [-0.4, -0.2) is 17.9 Å². The van der Waals surface area contributed by atoms with E-state index < -0.39 is 0 Å². The fourth-order valence-corrected chi connectivity index (χ4v) is 3.61. The summed E-state index contributed by atoms with van der Waals surface area (Å²) in [5.74, 6) is 0.707. The van der Waals surface area contributed by atoms with E-state index in [-0.39, 0.29) is 5.91 Å². The predicted octanol–water partition coefficient (Wildman–Crippen LogP) is 2.88. The number of quaternary nitrogens is 1. The van der Waals surface area contributed by atoms with Gasteiger partial charge in [-0.3, -0.25) is 9.69 Å². The van der Waals surface area contributed by atoms with Gasteiger partial charge in [0.05, 0.1) is 13.3 Å². The Bertz CT molecular complexity index is 1030. The molecule has 0 aliphatic carbocycles. The summed E-state index contributed by atoms with van der Waals surface area (Å²) in [4.78, 5) is 20.1. The second-order valence-electron chi connectivity index (χ2n) is 7.01. The van der Waals surface area contributed by atoms with Gasteiger partial charge in [-0.2, -0.15) is 4.84 Å². The summed E-state index contributed by atoms with van der Waals surface area (Å²) in [5, 5.41) is 7.81. The molecule has 7 heteroatoms. The molecule has 6 nitrogen and oxygen atoms in total. The number of benzene rings is 2. The second-order valence-corrected chi connectivity index (χ2v) is 7.45. The molecule has 0 fully saturated rings. The zero-order valence-electron chi connectivity index (χ0n) is 16.9. The topological polar surface area (TPSA) is 58.0 Å². The Hall–Kier alpha value is -3.06. The molecule has 1 unspecified atom stereocenters. The standard InChI is InChI=1S/C23H23ClN4O2/c1-3-20-22(28-13-12-27(30-2)15-21(28)26-20)23(29)25-14-16-4-6-17(7-5-16)18-8-10-19(24)11-9-18/h4-13,15,26H,3,14H2,1-2H3,(H,25,29)/p+1. The third kappa shape index (κ3) is 4.11. The third-order valence-corrected chi connectivity index (χ3v) is 5.37. The first-order valence-corrected chi connectivity index (χ1v) is 10.2. The highest BCUT2D eigenvalue weighted by molar-refractivity contribution is 6.30. The van der Waals surface area contributed by atoms with Crippen molar-refractivity contribution in [2.75, 3.05) is 7.11 Å². The fourth-order valence-electron chi connectivity index (χ4n) is 3.48. The molecule has 2 aromatic rings. The van der Waals surface area contributed by atoms with E-state index in [2.05, 4.69) is 22.8 Å². The molecule has 30 heavy (non-hydrogen) atoms. The van der Waals surface area contributed by atoms with Gasteiger partial charge in [0.15, 0.2) is 12.0 Å². The van der Waals surface area contributed by atoms with Crippen molar-refractivity contribution in [3.05, 3.63) is 94.9 Å². The van der Waals surface area contributed by atoms with E-state index in [4.69, 9.17) is 16.4 Å². The summed E-state index contributed by atoms with van der Waals surface area (Å²) < 4.78 is 0. The minimum atomic E-state index is -0.116. The molecule has 0 saturated carbocycles. The lowest BCUT2D eigenvalue weighted by Crippen LogP contribution is -3.02. The van der Waals surface area contributed by atoms with Crippen molar-refractivity contribution < 1.29 is 14.7 Å². The van der Waals surface area contributed by atoms with Crippen LogP contribution in [0, 0.1) is 0 Å². The van der Waals surface area contributed by atoms with Crippen molar-refractivity contribution in [3.63, 3.8) is 0 Å².